The molecule has 4 unspecified atom stereocenters. The zero-order chi connectivity index (χ0) is 19.0. The Morgan fingerprint density at radius 2 is 2.00 bits per heavy atom. The first kappa shape index (κ1) is 22.0. The fourth-order valence-corrected chi connectivity index (χ4v) is 4.80. The van der Waals surface area contributed by atoms with Crippen molar-refractivity contribution in [2.75, 3.05) is 23.5 Å². The van der Waals surface area contributed by atoms with Crippen molar-refractivity contribution >= 4 is 33.6 Å². The van der Waals surface area contributed by atoms with Crippen LogP contribution < -0.4 is 16.4 Å². The topological polar surface area (TPSA) is 139 Å². The van der Waals surface area contributed by atoms with Crippen LogP contribution >= 0.6 is 11.8 Å². The largest absolute Gasteiger partial charge is 0.465 e. The molecule has 1 fully saturated rings. The van der Waals surface area contributed by atoms with Gasteiger partial charge in [-0.1, -0.05) is 6.92 Å². The highest BCUT2D eigenvalue weighted by Crippen LogP contribution is 2.27. The second-order valence-electron chi connectivity index (χ2n) is 6.42. The highest BCUT2D eigenvalue weighted by molar-refractivity contribution is 7.98. The number of rotatable bonds is 9. The molecule has 25 heavy (non-hydrogen) atoms. The lowest BCUT2D eigenvalue weighted by molar-refractivity contribution is -0.123. The number of carbonyl (C=O) groups is 2. The number of carbonyl (C=O) groups excluding carboxylic acids is 1. The van der Waals surface area contributed by atoms with E-state index in [9.17, 15) is 18.0 Å². The predicted octanol–water partition coefficient (Wildman–Crippen LogP) is 0.423. The van der Waals surface area contributed by atoms with Gasteiger partial charge >= 0.3 is 6.09 Å². The van der Waals surface area contributed by atoms with Gasteiger partial charge < -0.3 is 21.5 Å². The van der Waals surface area contributed by atoms with Gasteiger partial charge in [0.1, 0.15) is 9.84 Å². The van der Waals surface area contributed by atoms with E-state index in [-0.39, 0.29) is 35.4 Å². The third-order valence-electron chi connectivity index (χ3n) is 4.52. The molecule has 0 aromatic heterocycles. The Labute approximate surface area is 153 Å². The van der Waals surface area contributed by atoms with Crippen LogP contribution in [0, 0.1) is 5.92 Å². The molecular formula is C15H29N3O5S2. The summed E-state index contributed by atoms with van der Waals surface area (Å²) in [6.07, 6.45) is 2.84. The first-order valence-corrected chi connectivity index (χ1v) is 11.6. The van der Waals surface area contributed by atoms with E-state index in [0.29, 0.717) is 25.7 Å². The Bertz CT molecular complexity index is 555. The maximum absolute atomic E-state index is 12.3. The third kappa shape index (κ3) is 7.83. The Balaban J connectivity index is 2.77. The molecule has 1 aliphatic carbocycles. The second-order valence-corrected chi connectivity index (χ2v) is 9.80. The second kappa shape index (κ2) is 10.2. The van der Waals surface area contributed by atoms with Gasteiger partial charge in [-0.15, -0.1) is 0 Å². The van der Waals surface area contributed by atoms with Crippen LogP contribution in [0.5, 0.6) is 0 Å². The van der Waals surface area contributed by atoms with Crippen LogP contribution in [0.1, 0.15) is 32.6 Å². The molecule has 1 rings (SSSR count). The van der Waals surface area contributed by atoms with Crippen molar-refractivity contribution < 1.29 is 23.1 Å². The van der Waals surface area contributed by atoms with E-state index in [1.807, 2.05) is 6.26 Å². The predicted molar refractivity (Wildman–Crippen MR) is 99.5 cm³/mol. The lowest BCUT2D eigenvalue weighted by Crippen LogP contribution is -2.53. The Morgan fingerprint density at radius 3 is 2.56 bits per heavy atom. The molecule has 5 N–H and O–H groups in total. The van der Waals surface area contributed by atoms with Gasteiger partial charge in [0.05, 0.1) is 11.8 Å². The fraction of sp³-hybridized carbons (Fsp3) is 0.867. The van der Waals surface area contributed by atoms with Gasteiger partial charge in [-0.05, 0) is 43.6 Å². The summed E-state index contributed by atoms with van der Waals surface area (Å²) in [4.78, 5) is 23.1. The number of amides is 2. The van der Waals surface area contributed by atoms with Gasteiger partial charge in [0.2, 0.25) is 5.91 Å². The van der Waals surface area contributed by atoms with Crippen LogP contribution in [0.25, 0.3) is 0 Å². The summed E-state index contributed by atoms with van der Waals surface area (Å²) < 4.78 is 24.1. The molecule has 0 bridgehead atoms. The number of nitrogens with one attached hydrogen (secondary N) is 2. The number of thioether (sulfide) groups is 1. The van der Waals surface area contributed by atoms with E-state index in [1.54, 1.807) is 18.7 Å². The molecule has 8 nitrogen and oxygen atoms in total. The van der Waals surface area contributed by atoms with E-state index in [0.717, 1.165) is 5.75 Å². The molecule has 0 saturated heterocycles. The molecule has 1 aliphatic rings. The van der Waals surface area contributed by atoms with Crippen LogP contribution in [-0.4, -0.2) is 67.2 Å². The molecule has 4 atom stereocenters. The van der Waals surface area contributed by atoms with Crippen molar-refractivity contribution in [3.63, 3.8) is 0 Å². The zero-order valence-corrected chi connectivity index (χ0v) is 16.4. The van der Waals surface area contributed by atoms with Gasteiger partial charge in [-0.3, -0.25) is 4.79 Å². The Kier molecular flexibility index (Phi) is 9.01. The van der Waals surface area contributed by atoms with Gasteiger partial charge in [-0.25, -0.2) is 13.2 Å². The van der Waals surface area contributed by atoms with Crippen LogP contribution in [0.2, 0.25) is 0 Å². The normalized spacial score (nSPS) is 25.2. The van der Waals surface area contributed by atoms with E-state index in [1.165, 1.54) is 0 Å². The van der Waals surface area contributed by atoms with Crippen molar-refractivity contribution in [2.45, 2.75) is 50.7 Å². The minimum atomic E-state index is -3.24. The summed E-state index contributed by atoms with van der Waals surface area (Å²) in [6, 6.07) is -1.22. The van der Waals surface area contributed by atoms with Crippen LogP contribution in [0.15, 0.2) is 0 Å². The molecular weight excluding hydrogens is 366 g/mol. The molecule has 2 amide bonds. The van der Waals surface area contributed by atoms with E-state index < -0.39 is 22.0 Å². The molecule has 0 aliphatic heterocycles. The van der Waals surface area contributed by atoms with Crippen molar-refractivity contribution in [1.29, 1.82) is 0 Å². The summed E-state index contributed by atoms with van der Waals surface area (Å²) in [5.41, 5.74) is 5.88. The first-order chi connectivity index (χ1) is 11.7. The van der Waals surface area contributed by atoms with Crippen LogP contribution in [0.3, 0.4) is 0 Å². The van der Waals surface area contributed by atoms with Crippen LogP contribution in [-0.2, 0) is 14.6 Å². The molecule has 0 heterocycles. The zero-order valence-electron chi connectivity index (χ0n) is 14.7. The highest BCUT2D eigenvalue weighted by atomic mass is 32.2. The number of sulfone groups is 1. The summed E-state index contributed by atoms with van der Waals surface area (Å²) in [5.74, 6) is 0.132. The smallest absolute Gasteiger partial charge is 0.404 e. The third-order valence-corrected chi connectivity index (χ3v) is 6.97. The van der Waals surface area contributed by atoms with Gasteiger partial charge in [-0.2, -0.15) is 11.8 Å². The first-order valence-electron chi connectivity index (χ1n) is 8.43. The minimum absolute atomic E-state index is 0.0223. The number of hydrogen-bond donors (Lipinski definition) is 4. The van der Waals surface area contributed by atoms with Crippen molar-refractivity contribution in [3.05, 3.63) is 0 Å². The fourth-order valence-electron chi connectivity index (χ4n) is 3.05. The van der Waals surface area contributed by atoms with Gasteiger partial charge in [0.25, 0.3) is 0 Å². The van der Waals surface area contributed by atoms with Crippen molar-refractivity contribution in [3.8, 4) is 0 Å². The monoisotopic (exact) mass is 395 g/mol. The standard InChI is InChI=1S/C15H29N3O5S2/c1-3-25(22,23)9-10-8-11(17-15(20)21)4-5-13(10)18-14(19)12(16)6-7-24-2/h10-13,17H,3-9,16H2,1-2H3,(H,18,19)(H,20,21). The SMILES string of the molecule is CCS(=O)(=O)CC1CC(NC(=O)O)CCC1NC(=O)C(N)CCSC. The van der Waals surface area contributed by atoms with E-state index >= 15 is 0 Å². The van der Waals surface area contributed by atoms with Crippen molar-refractivity contribution in [1.82, 2.24) is 10.6 Å². The highest BCUT2D eigenvalue weighted by Gasteiger charge is 2.35. The van der Waals surface area contributed by atoms with E-state index in [2.05, 4.69) is 10.6 Å². The summed E-state index contributed by atoms with van der Waals surface area (Å²) in [6.45, 7) is 1.58. The number of carboxylic acid groups (broad SMARTS) is 1. The van der Waals surface area contributed by atoms with E-state index in [4.69, 9.17) is 10.8 Å². The molecule has 0 spiro atoms. The Hall–Kier alpha value is -1.000. The molecule has 1 saturated carbocycles. The molecule has 146 valence electrons. The van der Waals surface area contributed by atoms with Crippen molar-refractivity contribution in [2.24, 2.45) is 11.7 Å². The maximum Gasteiger partial charge on any atom is 0.404 e. The molecule has 0 radical (unpaired) electrons. The minimum Gasteiger partial charge on any atom is -0.465 e. The average molecular weight is 396 g/mol. The van der Waals surface area contributed by atoms with Gasteiger partial charge in [0.15, 0.2) is 0 Å². The lowest BCUT2D eigenvalue weighted by Gasteiger charge is -2.36. The quantitative estimate of drug-likeness (QED) is 0.444. The number of nitrogens with two attached hydrogens (primary N) is 1. The number of hydrogen-bond acceptors (Lipinski definition) is 6. The van der Waals surface area contributed by atoms with Gasteiger partial charge in [0, 0.05) is 17.8 Å². The summed E-state index contributed by atoms with van der Waals surface area (Å²) in [7, 11) is -3.24. The molecule has 0 aromatic rings. The average Bonchev–Trinajstić information content (AvgIpc) is 2.54. The summed E-state index contributed by atoms with van der Waals surface area (Å²) in [5, 5.41) is 14.2. The summed E-state index contributed by atoms with van der Waals surface area (Å²) >= 11 is 1.61. The van der Waals surface area contributed by atoms with Crippen LogP contribution in [0.4, 0.5) is 4.79 Å². The molecule has 0 aromatic carbocycles. The Morgan fingerprint density at radius 1 is 1.32 bits per heavy atom. The maximum atomic E-state index is 12.3. The lowest BCUT2D eigenvalue weighted by atomic mass is 9.82. The molecule has 10 heteroatoms.